The van der Waals surface area contributed by atoms with Crippen LogP contribution in [-0.2, 0) is 0 Å². The number of ether oxygens (including phenoxy) is 1. The maximum Gasteiger partial charge on any atom is 0.316 e. The molecule has 1 unspecified atom stereocenters. The minimum atomic E-state index is -0.724. The number of nitrogens with two attached hydrogens (primary N) is 2. The first kappa shape index (κ1) is 24.3. The van der Waals surface area contributed by atoms with Gasteiger partial charge < -0.3 is 21.5 Å². The normalized spacial score (nSPS) is 11.7. The van der Waals surface area contributed by atoms with E-state index in [0.717, 1.165) is 0 Å². The second-order valence-electron chi connectivity index (χ2n) is 8.33. The van der Waals surface area contributed by atoms with E-state index in [9.17, 15) is 9.59 Å². The molecule has 5 N–H and O–H groups in total. The van der Waals surface area contributed by atoms with Crippen LogP contribution in [0.2, 0.25) is 0 Å². The summed E-state index contributed by atoms with van der Waals surface area (Å²) in [4.78, 5) is 47.3. The van der Waals surface area contributed by atoms with Crippen LogP contribution in [0.4, 0.5) is 11.8 Å². The maximum atomic E-state index is 14.2. The molecule has 5 rings (SSSR count). The zero-order chi connectivity index (χ0) is 26.8. The molecule has 12 nitrogen and oxygen atoms in total. The number of carbonyl (C=O) groups excluding carboxylic acids is 1. The molecule has 2 aromatic carbocycles. The average Bonchev–Trinajstić information content (AvgIpc) is 2.93. The minimum Gasteiger partial charge on any atom is -0.467 e. The van der Waals surface area contributed by atoms with Crippen LogP contribution in [0.25, 0.3) is 27.7 Å². The molecule has 0 spiro atoms. The molecule has 1 atom stereocenters. The minimum absolute atomic E-state index is 0.0389. The molecule has 0 aliphatic rings. The van der Waals surface area contributed by atoms with Gasteiger partial charge in [0.15, 0.2) is 0 Å². The van der Waals surface area contributed by atoms with Crippen LogP contribution in [0.1, 0.15) is 29.1 Å². The van der Waals surface area contributed by atoms with E-state index in [4.69, 9.17) is 21.2 Å². The van der Waals surface area contributed by atoms with Crippen LogP contribution in [0, 0.1) is 0 Å². The van der Waals surface area contributed by atoms with E-state index in [1.807, 2.05) is 36.4 Å². The van der Waals surface area contributed by atoms with Crippen LogP contribution in [0.5, 0.6) is 6.01 Å². The molecule has 1 amide bonds. The predicted octanol–water partition coefficient (Wildman–Crippen LogP) is 2.50. The lowest BCUT2D eigenvalue weighted by Gasteiger charge is -2.21. The van der Waals surface area contributed by atoms with Crippen molar-refractivity contribution in [2.24, 2.45) is 5.73 Å². The van der Waals surface area contributed by atoms with Crippen molar-refractivity contribution in [3.05, 3.63) is 88.9 Å². The number of nitrogens with zero attached hydrogens (tertiary/aromatic N) is 6. The Balaban J connectivity index is 1.72. The summed E-state index contributed by atoms with van der Waals surface area (Å²) in [6.45, 7) is 1.79. The first-order chi connectivity index (χ1) is 18.4. The lowest BCUT2D eigenvalue weighted by Crippen LogP contribution is -2.28. The van der Waals surface area contributed by atoms with Crippen LogP contribution in [0.3, 0.4) is 0 Å². The maximum absolute atomic E-state index is 14.2. The van der Waals surface area contributed by atoms with Crippen LogP contribution in [0.15, 0.2) is 71.9 Å². The number of nitrogens with one attached hydrogen (secondary N) is 1. The van der Waals surface area contributed by atoms with Crippen molar-refractivity contribution in [3.63, 3.8) is 0 Å². The highest BCUT2D eigenvalue weighted by molar-refractivity contribution is 5.97. The van der Waals surface area contributed by atoms with Gasteiger partial charge in [-0.05, 0) is 30.7 Å². The molecule has 38 heavy (non-hydrogen) atoms. The van der Waals surface area contributed by atoms with Gasteiger partial charge in [-0.3, -0.25) is 14.2 Å². The molecule has 0 fully saturated rings. The van der Waals surface area contributed by atoms with Gasteiger partial charge in [-0.15, -0.1) is 0 Å². The summed E-state index contributed by atoms with van der Waals surface area (Å²) in [6.07, 6.45) is 4.44. The van der Waals surface area contributed by atoms with Crippen molar-refractivity contribution >= 4 is 28.6 Å². The Hall–Kier alpha value is -5.39. The highest BCUT2D eigenvalue weighted by Crippen LogP contribution is 2.28. The number of methoxy groups -OCH3 is 1. The number of amides is 1. The molecule has 0 radical (unpaired) electrons. The van der Waals surface area contributed by atoms with E-state index >= 15 is 0 Å². The molecule has 0 bridgehead atoms. The number of nitrogen functional groups attached to an aromatic ring is 1. The van der Waals surface area contributed by atoms with Gasteiger partial charge in [-0.2, -0.15) is 4.98 Å². The Morgan fingerprint density at radius 2 is 1.74 bits per heavy atom. The van der Waals surface area contributed by atoms with Crippen molar-refractivity contribution in [2.75, 3.05) is 18.2 Å². The number of hydrogen-bond acceptors (Lipinski definition) is 10. The number of fused-ring (bicyclic) bond motifs is 1. The zero-order valence-electron chi connectivity index (χ0n) is 20.5. The topological polar surface area (TPSA) is 177 Å². The molecule has 5 aromatic rings. The zero-order valence-corrected chi connectivity index (χ0v) is 20.5. The van der Waals surface area contributed by atoms with Gasteiger partial charge >= 0.3 is 6.01 Å². The largest absolute Gasteiger partial charge is 0.467 e. The summed E-state index contributed by atoms with van der Waals surface area (Å²) in [7, 11) is 1.48. The number of carbonyl (C=O) groups is 1. The highest BCUT2D eigenvalue weighted by Gasteiger charge is 2.22. The first-order valence-corrected chi connectivity index (χ1v) is 11.5. The Bertz CT molecular complexity index is 1700. The number of para-hydroxylation sites is 1. The Morgan fingerprint density at radius 1 is 1.00 bits per heavy atom. The van der Waals surface area contributed by atoms with Gasteiger partial charge in [0.2, 0.25) is 5.95 Å². The summed E-state index contributed by atoms with van der Waals surface area (Å²) in [5.41, 5.74) is 13.3. The van der Waals surface area contributed by atoms with Gasteiger partial charge in [0.25, 0.3) is 11.5 Å². The van der Waals surface area contributed by atoms with E-state index in [0.29, 0.717) is 33.5 Å². The quantitative estimate of drug-likeness (QED) is 0.295. The molecule has 190 valence electrons. The van der Waals surface area contributed by atoms with Crippen molar-refractivity contribution in [3.8, 4) is 22.8 Å². The van der Waals surface area contributed by atoms with Crippen LogP contribution in [-0.4, -0.2) is 42.5 Å². The fraction of sp³-hybridized carbons (Fsp3) is 0.115. The number of benzene rings is 2. The van der Waals surface area contributed by atoms with Crippen LogP contribution >= 0.6 is 0 Å². The first-order valence-electron chi connectivity index (χ1n) is 11.5. The fourth-order valence-corrected chi connectivity index (χ4v) is 4.12. The second kappa shape index (κ2) is 9.93. The molecular formula is C26H23N9O3. The Labute approximate surface area is 216 Å². The summed E-state index contributed by atoms with van der Waals surface area (Å²) in [5, 5.41) is 3.52. The average molecular weight is 510 g/mol. The predicted molar refractivity (Wildman–Crippen MR) is 142 cm³/mol. The number of rotatable bonds is 7. The summed E-state index contributed by atoms with van der Waals surface area (Å²) >= 11 is 0. The van der Waals surface area contributed by atoms with E-state index in [-0.39, 0.29) is 28.9 Å². The van der Waals surface area contributed by atoms with E-state index in [2.05, 4.69) is 25.3 Å². The van der Waals surface area contributed by atoms with Crippen molar-refractivity contribution in [2.45, 2.75) is 13.0 Å². The monoisotopic (exact) mass is 509 g/mol. The number of primary amides is 1. The van der Waals surface area contributed by atoms with Gasteiger partial charge in [-0.25, -0.2) is 19.9 Å². The van der Waals surface area contributed by atoms with Crippen molar-refractivity contribution < 1.29 is 9.53 Å². The lowest BCUT2D eigenvalue weighted by molar-refractivity contribution is 0.100. The van der Waals surface area contributed by atoms with Crippen molar-refractivity contribution in [1.29, 1.82) is 0 Å². The molecule has 0 saturated heterocycles. The second-order valence-corrected chi connectivity index (χ2v) is 8.33. The number of hydrogen-bond donors (Lipinski definition) is 3. The van der Waals surface area contributed by atoms with E-state index in [1.54, 1.807) is 31.5 Å². The lowest BCUT2D eigenvalue weighted by atomic mass is 10.0. The van der Waals surface area contributed by atoms with Gasteiger partial charge in [-0.1, -0.05) is 30.3 Å². The summed E-state index contributed by atoms with van der Waals surface area (Å²) in [6, 6.07) is 14.1. The summed E-state index contributed by atoms with van der Waals surface area (Å²) in [5.74, 6) is -0.249. The van der Waals surface area contributed by atoms with Gasteiger partial charge in [0.05, 0.1) is 35.3 Å². The van der Waals surface area contributed by atoms with E-state index in [1.165, 1.54) is 17.9 Å². The molecule has 0 aliphatic carbocycles. The molecule has 3 heterocycles. The highest BCUT2D eigenvalue weighted by atomic mass is 16.5. The summed E-state index contributed by atoms with van der Waals surface area (Å²) < 4.78 is 6.58. The Kier molecular flexibility index (Phi) is 6.35. The third kappa shape index (κ3) is 4.46. The SMILES string of the molecule is COc1ncc(-c2cccc3nc(C(C)Nc4nc(N)ncc4C(N)=O)n(-c4ccccc4)c(=O)c23)cn1. The van der Waals surface area contributed by atoms with Gasteiger partial charge in [0, 0.05) is 24.2 Å². The molecular weight excluding hydrogens is 486 g/mol. The van der Waals surface area contributed by atoms with E-state index < -0.39 is 11.9 Å². The number of aromatic nitrogens is 6. The standard InChI is InChI=1S/C26H23N9O3/c1-14(32-22-18(21(27)36)13-29-25(28)34-22)23-33-19-10-6-9-17(15-11-30-26(38-2)31-12-15)20(19)24(37)35(23)16-7-4-3-5-8-16/h3-14H,1-2H3,(H2,27,36)(H3,28,29,32,34). The third-order valence-corrected chi connectivity index (χ3v) is 5.87. The molecule has 0 aliphatic heterocycles. The van der Waals surface area contributed by atoms with Crippen molar-refractivity contribution in [1.82, 2.24) is 29.5 Å². The fourth-order valence-electron chi connectivity index (χ4n) is 4.12. The molecule has 3 aromatic heterocycles. The molecule has 12 heteroatoms. The third-order valence-electron chi connectivity index (χ3n) is 5.87. The molecule has 0 saturated carbocycles. The Morgan fingerprint density at radius 3 is 2.42 bits per heavy atom. The van der Waals surface area contributed by atoms with Crippen LogP contribution < -0.4 is 27.1 Å². The van der Waals surface area contributed by atoms with Gasteiger partial charge in [0.1, 0.15) is 11.6 Å². The number of anilines is 2. The smallest absolute Gasteiger partial charge is 0.316 e.